The minimum atomic E-state index is -0.384. The summed E-state index contributed by atoms with van der Waals surface area (Å²) in [7, 11) is 0. The first kappa shape index (κ1) is 11.5. The predicted molar refractivity (Wildman–Crippen MR) is 55.9 cm³/mol. The van der Waals surface area contributed by atoms with Gasteiger partial charge in [-0.25, -0.2) is 0 Å². The van der Waals surface area contributed by atoms with Gasteiger partial charge in [-0.05, 0) is 6.42 Å². The van der Waals surface area contributed by atoms with Crippen LogP contribution in [0, 0.1) is 12.3 Å². The number of amides is 2. The lowest BCUT2D eigenvalue weighted by molar-refractivity contribution is -0.126. The molecule has 1 rings (SSSR count). The summed E-state index contributed by atoms with van der Waals surface area (Å²) in [6.45, 7) is 2.39. The molecule has 5 heteroatoms. The molecule has 2 atom stereocenters. The summed E-state index contributed by atoms with van der Waals surface area (Å²) in [5.74, 6) is 2.22. The van der Waals surface area contributed by atoms with Crippen molar-refractivity contribution in [1.82, 2.24) is 16.0 Å². The summed E-state index contributed by atoms with van der Waals surface area (Å²) in [5, 5.41) is 8.15. The van der Waals surface area contributed by atoms with Crippen LogP contribution in [0.4, 0.5) is 0 Å². The standard InChI is InChI=1S/C10H15N3O2/c1-3-7(4-2)13-10(15)8-5-12-9(14)6-11-8/h1,7-8,11H,4-6H2,2H3,(H,12,14)(H,13,15). The Balaban J connectivity index is 2.41. The average Bonchev–Trinajstić information content (AvgIpc) is 2.26. The van der Waals surface area contributed by atoms with Gasteiger partial charge in [-0.2, -0.15) is 0 Å². The maximum atomic E-state index is 11.6. The molecule has 15 heavy (non-hydrogen) atoms. The molecule has 1 saturated heterocycles. The SMILES string of the molecule is C#CC(CC)NC(=O)C1CNC(=O)CN1. The Morgan fingerprint density at radius 2 is 2.53 bits per heavy atom. The Labute approximate surface area is 89.0 Å². The highest BCUT2D eigenvalue weighted by molar-refractivity contribution is 5.87. The Bertz CT molecular complexity index is 286. The Morgan fingerprint density at radius 3 is 3.00 bits per heavy atom. The fourth-order valence-corrected chi connectivity index (χ4v) is 1.29. The van der Waals surface area contributed by atoms with Crippen LogP contribution in [0.1, 0.15) is 13.3 Å². The fourth-order valence-electron chi connectivity index (χ4n) is 1.29. The number of hydrogen-bond donors (Lipinski definition) is 3. The van der Waals surface area contributed by atoms with E-state index in [4.69, 9.17) is 6.42 Å². The maximum Gasteiger partial charge on any atom is 0.239 e. The molecule has 1 aliphatic heterocycles. The third-order valence-electron chi connectivity index (χ3n) is 2.25. The topological polar surface area (TPSA) is 70.2 Å². The molecular weight excluding hydrogens is 194 g/mol. The number of hydrogen-bond acceptors (Lipinski definition) is 3. The lowest BCUT2D eigenvalue weighted by Gasteiger charge is -2.24. The molecule has 0 aromatic carbocycles. The van der Waals surface area contributed by atoms with E-state index in [1.165, 1.54) is 0 Å². The summed E-state index contributed by atoms with van der Waals surface area (Å²) < 4.78 is 0. The molecule has 2 amide bonds. The third-order valence-corrected chi connectivity index (χ3v) is 2.25. The van der Waals surface area contributed by atoms with E-state index in [-0.39, 0.29) is 30.4 Å². The molecule has 2 unspecified atom stereocenters. The number of terminal acetylenes is 1. The van der Waals surface area contributed by atoms with Crippen LogP contribution in [-0.4, -0.2) is 37.0 Å². The van der Waals surface area contributed by atoms with E-state index >= 15 is 0 Å². The minimum Gasteiger partial charge on any atom is -0.353 e. The Kier molecular flexibility index (Phi) is 4.13. The van der Waals surface area contributed by atoms with Gasteiger partial charge in [-0.1, -0.05) is 12.8 Å². The summed E-state index contributed by atoms with van der Waals surface area (Å²) in [5.41, 5.74) is 0. The molecule has 1 heterocycles. The van der Waals surface area contributed by atoms with Crippen molar-refractivity contribution in [2.75, 3.05) is 13.1 Å². The van der Waals surface area contributed by atoms with Crippen molar-refractivity contribution in [2.24, 2.45) is 0 Å². The van der Waals surface area contributed by atoms with Crippen LogP contribution < -0.4 is 16.0 Å². The fraction of sp³-hybridized carbons (Fsp3) is 0.600. The summed E-state index contributed by atoms with van der Waals surface area (Å²) in [6, 6.07) is -0.623. The van der Waals surface area contributed by atoms with E-state index in [0.717, 1.165) is 0 Å². The van der Waals surface area contributed by atoms with Crippen LogP contribution in [-0.2, 0) is 9.59 Å². The number of nitrogens with one attached hydrogen (secondary N) is 3. The molecule has 0 spiro atoms. The van der Waals surface area contributed by atoms with E-state index in [1.54, 1.807) is 0 Å². The molecule has 0 radical (unpaired) electrons. The lowest BCUT2D eigenvalue weighted by atomic mass is 10.2. The van der Waals surface area contributed by atoms with E-state index in [2.05, 4.69) is 21.9 Å². The van der Waals surface area contributed by atoms with Gasteiger partial charge < -0.3 is 10.6 Å². The van der Waals surface area contributed by atoms with Gasteiger partial charge in [0.05, 0.1) is 12.6 Å². The molecule has 0 aromatic heterocycles. The summed E-state index contributed by atoms with van der Waals surface area (Å²) >= 11 is 0. The zero-order chi connectivity index (χ0) is 11.3. The molecule has 5 nitrogen and oxygen atoms in total. The highest BCUT2D eigenvalue weighted by atomic mass is 16.2. The number of carbonyl (C=O) groups excluding carboxylic acids is 2. The van der Waals surface area contributed by atoms with Crippen LogP contribution in [0.5, 0.6) is 0 Å². The summed E-state index contributed by atoms with van der Waals surface area (Å²) in [6.07, 6.45) is 5.92. The normalized spacial score (nSPS) is 22.4. The average molecular weight is 209 g/mol. The molecule has 82 valence electrons. The van der Waals surface area contributed by atoms with E-state index in [9.17, 15) is 9.59 Å². The van der Waals surface area contributed by atoms with Crippen LogP contribution in [0.25, 0.3) is 0 Å². The largest absolute Gasteiger partial charge is 0.353 e. The Morgan fingerprint density at radius 1 is 1.80 bits per heavy atom. The van der Waals surface area contributed by atoms with E-state index < -0.39 is 0 Å². The first-order valence-electron chi connectivity index (χ1n) is 4.94. The molecular formula is C10H15N3O2. The van der Waals surface area contributed by atoms with E-state index in [0.29, 0.717) is 13.0 Å². The number of piperazine rings is 1. The quantitative estimate of drug-likeness (QED) is 0.501. The van der Waals surface area contributed by atoms with Crippen molar-refractivity contribution in [1.29, 1.82) is 0 Å². The van der Waals surface area contributed by atoms with Gasteiger partial charge in [-0.15, -0.1) is 6.42 Å². The third kappa shape index (κ3) is 3.26. The number of rotatable bonds is 3. The van der Waals surface area contributed by atoms with Gasteiger partial charge >= 0.3 is 0 Å². The predicted octanol–water partition coefficient (Wildman–Crippen LogP) is -1.40. The minimum absolute atomic E-state index is 0.0944. The van der Waals surface area contributed by atoms with Crippen molar-refractivity contribution >= 4 is 11.8 Å². The van der Waals surface area contributed by atoms with Gasteiger partial charge in [0.2, 0.25) is 11.8 Å². The monoisotopic (exact) mass is 209 g/mol. The van der Waals surface area contributed by atoms with E-state index in [1.807, 2.05) is 6.92 Å². The Hall–Kier alpha value is -1.54. The summed E-state index contributed by atoms with van der Waals surface area (Å²) in [4.78, 5) is 22.4. The molecule has 0 bridgehead atoms. The second-order valence-corrected chi connectivity index (χ2v) is 3.37. The smallest absolute Gasteiger partial charge is 0.239 e. The molecule has 1 aliphatic rings. The zero-order valence-electron chi connectivity index (χ0n) is 8.67. The van der Waals surface area contributed by atoms with Crippen molar-refractivity contribution in [3.8, 4) is 12.3 Å². The number of carbonyl (C=O) groups is 2. The van der Waals surface area contributed by atoms with Crippen LogP contribution in [0.15, 0.2) is 0 Å². The van der Waals surface area contributed by atoms with Crippen molar-refractivity contribution in [2.45, 2.75) is 25.4 Å². The molecule has 0 saturated carbocycles. The van der Waals surface area contributed by atoms with Gasteiger partial charge in [-0.3, -0.25) is 14.9 Å². The second-order valence-electron chi connectivity index (χ2n) is 3.37. The molecule has 1 fully saturated rings. The van der Waals surface area contributed by atoms with Crippen molar-refractivity contribution < 1.29 is 9.59 Å². The highest BCUT2D eigenvalue weighted by Gasteiger charge is 2.24. The molecule has 0 aromatic rings. The molecule has 0 aliphatic carbocycles. The highest BCUT2D eigenvalue weighted by Crippen LogP contribution is 1.93. The lowest BCUT2D eigenvalue weighted by Crippen LogP contribution is -2.58. The van der Waals surface area contributed by atoms with Crippen LogP contribution in [0.2, 0.25) is 0 Å². The first-order chi connectivity index (χ1) is 7.17. The second kappa shape index (κ2) is 5.37. The van der Waals surface area contributed by atoms with Gasteiger partial charge in [0.15, 0.2) is 0 Å². The van der Waals surface area contributed by atoms with Gasteiger partial charge in [0.25, 0.3) is 0 Å². The maximum absolute atomic E-state index is 11.6. The van der Waals surface area contributed by atoms with Gasteiger partial charge in [0, 0.05) is 6.54 Å². The first-order valence-corrected chi connectivity index (χ1v) is 4.94. The zero-order valence-corrected chi connectivity index (χ0v) is 8.67. The van der Waals surface area contributed by atoms with Crippen LogP contribution >= 0.6 is 0 Å². The van der Waals surface area contributed by atoms with Crippen molar-refractivity contribution in [3.63, 3.8) is 0 Å². The van der Waals surface area contributed by atoms with Gasteiger partial charge in [0.1, 0.15) is 6.04 Å². The van der Waals surface area contributed by atoms with Crippen molar-refractivity contribution in [3.05, 3.63) is 0 Å². The van der Waals surface area contributed by atoms with Crippen LogP contribution in [0.3, 0.4) is 0 Å². The molecule has 3 N–H and O–H groups in total.